The summed E-state index contributed by atoms with van der Waals surface area (Å²) in [5, 5.41) is 14.5. The zero-order valence-corrected chi connectivity index (χ0v) is 16.7. The van der Waals surface area contributed by atoms with E-state index in [2.05, 4.69) is 15.6 Å². The lowest BCUT2D eigenvalue weighted by atomic mass is 10.1. The highest BCUT2D eigenvalue weighted by Gasteiger charge is 2.18. The summed E-state index contributed by atoms with van der Waals surface area (Å²) in [4.78, 5) is 39.4. The van der Waals surface area contributed by atoms with Crippen LogP contribution in [0.5, 0.6) is 0 Å². The molecule has 9 nitrogen and oxygen atoms in total. The monoisotopic (exact) mass is 402 g/mol. The number of nitrogens with two attached hydrogens (primary N) is 1. The SMILES string of the molecule is CC(C)(C)OC(=O)NCCCNC(=O)C1=Cc2ccc(C(=O)O)cc2N=C(N)C1. The molecule has 9 heteroatoms. The maximum Gasteiger partial charge on any atom is 0.407 e. The molecule has 156 valence electrons. The molecule has 0 atom stereocenters. The lowest BCUT2D eigenvalue weighted by Crippen LogP contribution is -2.34. The number of carbonyl (C=O) groups excluding carboxylic acids is 2. The number of aromatic carboxylic acids is 1. The molecule has 29 heavy (non-hydrogen) atoms. The van der Waals surface area contributed by atoms with Crippen molar-refractivity contribution in [1.29, 1.82) is 0 Å². The quantitative estimate of drug-likeness (QED) is 0.537. The van der Waals surface area contributed by atoms with Gasteiger partial charge in [-0.2, -0.15) is 0 Å². The molecule has 0 radical (unpaired) electrons. The molecule has 1 aromatic rings. The summed E-state index contributed by atoms with van der Waals surface area (Å²) in [5.74, 6) is -1.14. The number of amidine groups is 1. The van der Waals surface area contributed by atoms with Gasteiger partial charge in [-0.25, -0.2) is 14.6 Å². The molecule has 0 bridgehead atoms. The van der Waals surface area contributed by atoms with Crippen LogP contribution < -0.4 is 16.4 Å². The summed E-state index contributed by atoms with van der Waals surface area (Å²) in [6, 6.07) is 4.47. The van der Waals surface area contributed by atoms with Gasteiger partial charge in [0, 0.05) is 30.6 Å². The fourth-order valence-electron chi connectivity index (χ4n) is 2.58. The van der Waals surface area contributed by atoms with Gasteiger partial charge in [-0.3, -0.25) is 4.79 Å². The molecule has 0 fully saturated rings. The van der Waals surface area contributed by atoms with Crippen LogP contribution in [0.25, 0.3) is 6.08 Å². The predicted octanol–water partition coefficient (Wildman–Crippen LogP) is 2.19. The number of nitrogens with one attached hydrogen (secondary N) is 2. The fraction of sp³-hybridized carbons (Fsp3) is 0.400. The Morgan fingerprint density at radius 2 is 1.90 bits per heavy atom. The number of nitrogens with zero attached hydrogens (tertiary/aromatic N) is 1. The molecular weight excluding hydrogens is 376 g/mol. The Morgan fingerprint density at radius 3 is 2.55 bits per heavy atom. The Hall–Kier alpha value is -3.36. The van der Waals surface area contributed by atoms with Crippen molar-refractivity contribution in [3.05, 3.63) is 34.9 Å². The second kappa shape index (κ2) is 9.22. The largest absolute Gasteiger partial charge is 0.478 e. The average Bonchev–Trinajstić information content (AvgIpc) is 2.76. The van der Waals surface area contributed by atoms with Crippen LogP contribution in [0.3, 0.4) is 0 Å². The van der Waals surface area contributed by atoms with Crippen LogP contribution in [0.1, 0.15) is 49.5 Å². The topological polar surface area (TPSA) is 143 Å². The van der Waals surface area contributed by atoms with Crippen molar-refractivity contribution in [2.45, 2.75) is 39.2 Å². The lowest BCUT2D eigenvalue weighted by Gasteiger charge is -2.19. The van der Waals surface area contributed by atoms with Crippen LogP contribution >= 0.6 is 0 Å². The molecule has 1 aromatic carbocycles. The zero-order valence-electron chi connectivity index (χ0n) is 16.7. The Balaban J connectivity index is 1.91. The normalized spacial score (nSPS) is 13.3. The molecule has 2 rings (SSSR count). The lowest BCUT2D eigenvalue weighted by molar-refractivity contribution is -0.117. The van der Waals surface area contributed by atoms with E-state index in [1.54, 1.807) is 32.9 Å². The van der Waals surface area contributed by atoms with E-state index in [4.69, 9.17) is 15.6 Å². The maximum absolute atomic E-state index is 12.5. The Labute approximate surface area is 169 Å². The third-order valence-electron chi connectivity index (χ3n) is 3.84. The van der Waals surface area contributed by atoms with E-state index in [1.165, 1.54) is 12.1 Å². The van der Waals surface area contributed by atoms with E-state index in [-0.39, 0.29) is 23.7 Å². The van der Waals surface area contributed by atoms with Crippen molar-refractivity contribution >= 4 is 35.6 Å². The number of aliphatic imine (C=N–C) groups is 1. The minimum atomic E-state index is -1.06. The molecule has 1 aliphatic heterocycles. The fourth-order valence-corrected chi connectivity index (χ4v) is 2.58. The summed E-state index contributed by atoms with van der Waals surface area (Å²) in [6.07, 6.45) is 1.83. The second-order valence-electron chi connectivity index (χ2n) is 7.57. The first-order chi connectivity index (χ1) is 13.5. The van der Waals surface area contributed by atoms with E-state index in [0.29, 0.717) is 36.3 Å². The molecule has 2 amide bonds. The van der Waals surface area contributed by atoms with E-state index in [0.717, 1.165) is 0 Å². The van der Waals surface area contributed by atoms with E-state index >= 15 is 0 Å². The smallest absolute Gasteiger partial charge is 0.407 e. The van der Waals surface area contributed by atoms with Gasteiger partial charge >= 0.3 is 12.1 Å². The molecule has 0 saturated heterocycles. The number of carboxylic acid groups (broad SMARTS) is 1. The van der Waals surface area contributed by atoms with E-state index in [9.17, 15) is 14.4 Å². The highest BCUT2D eigenvalue weighted by molar-refractivity contribution is 6.05. The Morgan fingerprint density at radius 1 is 1.21 bits per heavy atom. The number of alkyl carbamates (subject to hydrolysis) is 1. The summed E-state index contributed by atoms with van der Waals surface area (Å²) >= 11 is 0. The van der Waals surface area contributed by atoms with Gasteiger partial charge in [0.15, 0.2) is 0 Å². The number of carbonyl (C=O) groups is 3. The van der Waals surface area contributed by atoms with Gasteiger partial charge in [0.05, 0.1) is 11.3 Å². The highest BCUT2D eigenvalue weighted by Crippen LogP contribution is 2.27. The van der Waals surface area contributed by atoms with Gasteiger partial charge in [-0.1, -0.05) is 6.07 Å². The number of amides is 2. The summed E-state index contributed by atoms with van der Waals surface area (Å²) in [7, 11) is 0. The van der Waals surface area contributed by atoms with Crippen molar-refractivity contribution < 1.29 is 24.2 Å². The van der Waals surface area contributed by atoms with Crippen LogP contribution in [-0.2, 0) is 9.53 Å². The number of ether oxygens (including phenoxy) is 1. The molecule has 0 spiro atoms. The number of rotatable bonds is 6. The molecule has 0 saturated carbocycles. The third kappa shape index (κ3) is 6.95. The van der Waals surface area contributed by atoms with Crippen LogP contribution in [-0.4, -0.2) is 47.6 Å². The van der Waals surface area contributed by atoms with E-state index < -0.39 is 17.7 Å². The third-order valence-corrected chi connectivity index (χ3v) is 3.84. The highest BCUT2D eigenvalue weighted by atomic mass is 16.6. The Bertz CT molecular complexity index is 868. The van der Waals surface area contributed by atoms with Gasteiger partial charge in [-0.15, -0.1) is 0 Å². The molecule has 5 N–H and O–H groups in total. The standard InChI is InChI=1S/C20H26N4O5/c1-20(2,3)29-19(28)23-8-4-7-22-17(25)14-9-12-5-6-13(18(26)27)10-15(12)24-16(21)11-14/h5-6,9-10H,4,7-8,11H2,1-3H3,(H2,21,24)(H,22,25)(H,23,28)(H,26,27). The number of hydrogen-bond acceptors (Lipinski definition) is 6. The van der Waals surface area contributed by atoms with Crippen molar-refractivity contribution in [3.63, 3.8) is 0 Å². The molecule has 0 unspecified atom stereocenters. The van der Waals surface area contributed by atoms with Crippen molar-refractivity contribution in [2.75, 3.05) is 13.1 Å². The molecule has 1 heterocycles. The van der Waals surface area contributed by atoms with Crippen LogP contribution in [0.4, 0.5) is 10.5 Å². The van der Waals surface area contributed by atoms with Crippen LogP contribution in [0.2, 0.25) is 0 Å². The molecular formula is C20H26N4O5. The van der Waals surface area contributed by atoms with Gasteiger partial charge in [0.2, 0.25) is 5.91 Å². The predicted molar refractivity (Wildman–Crippen MR) is 109 cm³/mol. The van der Waals surface area contributed by atoms with Gasteiger partial charge in [0.1, 0.15) is 11.4 Å². The van der Waals surface area contributed by atoms with Crippen LogP contribution in [0.15, 0.2) is 28.8 Å². The first-order valence-corrected chi connectivity index (χ1v) is 9.21. The second-order valence-corrected chi connectivity index (χ2v) is 7.57. The van der Waals surface area contributed by atoms with Gasteiger partial charge in [0.25, 0.3) is 0 Å². The Kier molecular flexibility index (Phi) is 6.98. The molecule has 0 aromatic heterocycles. The van der Waals surface area contributed by atoms with Crippen molar-refractivity contribution in [2.24, 2.45) is 10.7 Å². The molecule has 0 aliphatic carbocycles. The summed E-state index contributed by atoms with van der Waals surface area (Å²) < 4.78 is 5.13. The number of carboxylic acids is 1. The maximum atomic E-state index is 12.5. The number of benzene rings is 1. The van der Waals surface area contributed by atoms with Gasteiger partial charge in [-0.05, 0) is 45.4 Å². The number of hydrogen-bond donors (Lipinski definition) is 4. The van der Waals surface area contributed by atoms with Gasteiger partial charge < -0.3 is 26.2 Å². The number of fused-ring (bicyclic) bond motifs is 1. The minimum absolute atomic E-state index is 0.0964. The first-order valence-electron chi connectivity index (χ1n) is 9.21. The van der Waals surface area contributed by atoms with Crippen molar-refractivity contribution in [3.8, 4) is 0 Å². The van der Waals surface area contributed by atoms with Crippen molar-refractivity contribution in [1.82, 2.24) is 10.6 Å². The summed E-state index contributed by atoms with van der Waals surface area (Å²) in [6.45, 7) is 6.06. The first kappa shape index (κ1) is 21.9. The molecule has 1 aliphatic rings. The average molecular weight is 402 g/mol. The minimum Gasteiger partial charge on any atom is -0.478 e. The zero-order chi connectivity index (χ0) is 21.6. The summed E-state index contributed by atoms with van der Waals surface area (Å²) in [5.41, 5.74) is 6.87. The van der Waals surface area contributed by atoms with E-state index in [1.807, 2.05) is 0 Å². The van der Waals surface area contributed by atoms with Crippen LogP contribution in [0, 0.1) is 0 Å².